The van der Waals surface area contributed by atoms with E-state index in [0.717, 1.165) is 16.7 Å². The summed E-state index contributed by atoms with van der Waals surface area (Å²) in [5.74, 6) is -0.841. The van der Waals surface area contributed by atoms with Gasteiger partial charge >= 0.3 is 5.97 Å². The average Bonchev–Trinajstić information content (AvgIpc) is 2.78. The zero-order valence-corrected chi connectivity index (χ0v) is 19.7. The zero-order chi connectivity index (χ0) is 24.0. The number of unbranched alkanes of at least 4 members (excludes halogenated alkanes) is 1. The number of nitrogen functional groups attached to an aromatic ring is 1. The third kappa shape index (κ3) is 6.47. The predicted molar refractivity (Wildman–Crippen MR) is 131 cm³/mol. The molecule has 0 aliphatic rings. The Bertz CT molecular complexity index is 1260. The number of benzene rings is 2. The van der Waals surface area contributed by atoms with Crippen LogP contribution in [0.25, 0.3) is 5.57 Å². The van der Waals surface area contributed by atoms with E-state index in [1.807, 2.05) is 18.2 Å². The van der Waals surface area contributed by atoms with Gasteiger partial charge in [-0.3, -0.25) is 14.5 Å². The van der Waals surface area contributed by atoms with E-state index in [1.165, 1.54) is 12.1 Å². The highest BCUT2D eigenvalue weighted by molar-refractivity contribution is 7.92. The molecule has 3 rings (SSSR count). The maximum Gasteiger partial charge on any atom is 0.303 e. The molecule has 0 spiro atoms. The largest absolute Gasteiger partial charge is 0.481 e. The molecular weight excluding hydrogens is 485 g/mol. The molecule has 1 heterocycles. The van der Waals surface area contributed by atoms with E-state index in [1.54, 1.807) is 36.7 Å². The van der Waals surface area contributed by atoms with Crippen molar-refractivity contribution in [1.82, 2.24) is 4.98 Å². The second kappa shape index (κ2) is 10.7. The average molecular weight is 506 g/mol. The maximum atomic E-state index is 12.8. The predicted octanol–water partition coefficient (Wildman–Crippen LogP) is 5.46. The van der Waals surface area contributed by atoms with Crippen molar-refractivity contribution in [2.45, 2.75) is 24.2 Å². The van der Waals surface area contributed by atoms with Crippen LogP contribution >= 0.6 is 23.2 Å². The van der Waals surface area contributed by atoms with Crippen molar-refractivity contribution >= 4 is 56.1 Å². The van der Waals surface area contributed by atoms with Crippen molar-refractivity contribution in [3.8, 4) is 0 Å². The molecule has 0 radical (unpaired) electrons. The lowest BCUT2D eigenvalue weighted by Crippen LogP contribution is -2.13. The van der Waals surface area contributed by atoms with Crippen molar-refractivity contribution in [3.63, 3.8) is 0 Å². The highest BCUT2D eigenvalue weighted by atomic mass is 35.5. The van der Waals surface area contributed by atoms with Crippen LogP contribution in [0.15, 0.2) is 71.9 Å². The standard InChI is InChI=1S/C23H21Cl2N3O4S/c24-20-12-18(13-21(25)23(20)26)33(31,32)28-17-9-7-15(8-10-17)19(5-1-2-6-22(29)30)16-4-3-11-27-14-16/h3-5,7-14,28H,1-2,6,26H2,(H,29,30). The molecule has 0 aliphatic heterocycles. The summed E-state index contributed by atoms with van der Waals surface area (Å²) in [5, 5.41) is 8.95. The Balaban J connectivity index is 1.84. The second-order valence-corrected chi connectivity index (χ2v) is 9.63. The molecule has 0 unspecified atom stereocenters. The monoisotopic (exact) mass is 505 g/mol. The first-order valence-electron chi connectivity index (χ1n) is 9.87. The zero-order valence-electron chi connectivity index (χ0n) is 17.3. The summed E-state index contributed by atoms with van der Waals surface area (Å²) in [5.41, 5.74) is 8.71. The molecule has 0 saturated heterocycles. The van der Waals surface area contributed by atoms with Crippen molar-refractivity contribution in [3.05, 3.63) is 88.2 Å². The van der Waals surface area contributed by atoms with Crippen LogP contribution in [-0.4, -0.2) is 24.5 Å². The van der Waals surface area contributed by atoms with Gasteiger partial charge in [-0.1, -0.05) is 47.5 Å². The van der Waals surface area contributed by atoms with Gasteiger partial charge in [-0.05, 0) is 54.3 Å². The molecule has 4 N–H and O–H groups in total. The number of aliphatic carboxylic acids is 1. The normalized spacial score (nSPS) is 11.9. The molecule has 7 nitrogen and oxygen atoms in total. The van der Waals surface area contributed by atoms with Gasteiger partial charge in [0.05, 0.1) is 20.6 Å². The van der Waals surface area contributed by atoms with Gasteiger partial charge in [0, 0.05) is 30.1 Å². The van der Waals surface area contributed by atoms with Gasteiger partial charge in [0.2, 0.25) is 0 Å². The van der Waals surface area contributed by atoms with Crippen molar-refractivity contribution in [2.24, 2.45) is 0 Å². The van der Waals surface area contributed by atoms with Gasteiger partial charge in [0.25, 0.3) is 10.0 Å². The van der Waals surface area contributed by atoms with Crippen LogP contribution in [0.4, 0.5) is 11.4 Å². The molecule has 0 saturated carbocycles. The lowest BCUT2D eigenvalue weighted by molar-refractivity contribution is -0.137. The molecule has 0 atom stereocenters. The fourth-order valence-electron chi connectivity index (χ4n) is 3.07. The summed E-state index contributed by atoms with van der Waals surface area (Å²) in [6.07, 6.45) is 6.49. The number of sulfonamides is 1. The van der Waals surface area contributed by atoms with Crippen LogP contribution in [-0.2, 0) is 14.8 Å². The van der Waals surface area contributed by atoms with Gasteiger partial charge in [-0.25, -0.2) is 8.42 Å². The minimum Gasteiger partial charge on any atom is -0.481 e. The number of anilines is 2. The number of carbonyl (C=O) groups is 1. The van der Waals surface area contributed by atoms with Crippen molar-refractivity contribution in [1.29, 1.82) is 0 Å². The van der Waals surface area contributed by atoms with Gasteiger partial charge in [-0.2, -0.15) is 0 Å². The van der Waals surface area contributed by atoms with Crippen LogP contribution in [0, 0.1) is 0 Å². The fraction of sp³-hybridized carbons (Fsp3) is 0.130. The molecule has 1 aromatic heterocycles. The smallest absolute Gasteiger partial charge is 0.303 e. The second-order valence-electron chi connectivity index (χ2n) is 7.13. The molecule has 3 aromatic rings. The quantitative estimate of drug-likeness (QED) is 0.262. The van der Waals surface area contributed by atoms with Crippen molar-refractivity contribution in [2.75, 3.05) is 10.5 Å². The van der Waals surface area contributed by atoms with Crippen LogP contribution in [0.2, 0.25) is 10.0 Å². The van der Waals surface area contributed by atoms with E-state index in [9.17, 15) is 13.2 Å². The van der Waals surface area contributed by atoms with Gasteiger partial charge in [0.15, 0.2) is 0 Å². The van der Waals surface area contributed by atoms with E-state index in [0.29, 0.717) is 18.5 Å². The van der Waals surface area contributed by atoms with E-state index >= 15 is 0 Å². The van der Waals surface area contributed by atoms with Crippen molar-refractivity contribution < 1.29 is 18.3 Å². The fourth-order valence-corrected chi connectivity index (χ4v) is 4.80. The molecule has 0 aliphatic carbocycles. The highest BCUT2D eigenvalue weighted by Gasteiger charge is 2.18. The molecule has 10 heteroatoms. The summed E-state index contributed by atoms with van der Waals surface area (Å²) in [4.78, 5) is 14.8. The summed E-state index contributed by atoms with van der Waals surface area (Å²) in [7, 11) is -3.94. The summed E-state index contributed by atoms with van der Waals surface area (Å²) in [6.45, 7) is 0. The summed E-state index contributed by atoms with van der Waals surface area (Å²) >= 11 is 11.9. The number of hydrogen-bond donors (Lipinski definition) is 3. The van der Waals surface area contributed by atoms with E-state index in [2.05, 4.69) is 9.71 Å². The number of allylic oxidation sites excluding steroid dienone is 1. The summed E-state index contributed by atoms with van der Waals surface area (Å²) < 4.78 is 28.0. The number of carboxylic acids is 1. The number of nitrogens with two attached hydrogens (primary N) is 1. The van der Waals surface area contributed by atoms with E-state index in [-0.39, 0.29) is 27.0 Å². The number of aromatic nitrogens is 1. The Morgan fingerprint density at radius 3 is 2.33 bits per heavy atom. The Hall–Kier alpha value is -3.07. The SMILES string of the molecule is Nc1c(Cl)cc(S(=O)(=O)Nc2ccc(C(=CCCCC(=O)O)c3cccnc3)cc2)cc1Cl. The van der Waals surface area contributed by atoms with Gasteiger partial charge < -0.3 is 10.8 Å². The van der Waals surface area contributed by atoms with Gasteiger partial charge in [0.1, 0.15) is 0 Å². The number of hydrogen-bond acceptors (Lipinski definition) is 5. The first-order chi connectivity index (χ1) is 15.7. The molecule has 0 bridgehead atoms. The first kappa shape index (κ1) is 24.6. The van der Waals surface area contributed by atoms with Crippen LogP contribution < -0.4 is 10.5 Å². The lowest BCUT2D eigenvalue weighted by Gasteiger charge is -2.12. The minimum atomic E-state index is -3.94. The van der Waals surface area contributed by atoms with Crippen LogP contribution in [0.1, 0.15) is 30.4 Å². The molecule has 172 valence electrons. The number of carboxylic acid groups (broad SMARTS) is 1. The van der Waals surface area contributed by atoms with Gasteiger partial charge in [-0.15, -0.1) is 0 Å². The Morgan fingerprint density at radius 2 is 1.76 bits per heavy atom. The third-order valence-corrected chi connectivity index (χ3v) is 6.71. The molecule has 33 heavy (non-hydrogen) atoms. The maximum absolute atomic E-state index is 12.8. The number of nitrogens with one attached hydrogen (secondary N) is 1. The first-order valence-corrected chi connectivity index (χ1v) is 12.1. The molecule has 0 amide bonds. The molecular formula is C23H21Cl2N3O4S. The summed E-state index contributed by atoms with van der Waals surface area (Å²) in [6, 6.07) is 13.0. The highest BCUT2D eigenvalue weighted by Crippen LogP contribution is 2.32. The third-order valence-electron chi connectivity index (χ3n) is 4.73. The topological polar surface area (TPSA) is 122 Å². The molecule has 0 fully saturated rings. The van der Waals surface area contributed by atoms with E-state index < -0.39 is 16.0 Å². The van der Waals surface area contributed by atoms with Crippen LogP contribution in [0.3, 0.4) is 0 Å². The Labute approximate surface area is 201 Å². The number of rotatable bonds is 9. The molecule has 2 aromatic carbocycles. The number of pyridine rings is 1. The van der Waals surface area contributed by atoms with Crippen LogP contribution in [0.5, 0.6) is 0 Å². The lowest BCUT2D eigenvalue weighted by atomic mass is 9.97. The Kier molecular flexibility index (Phi) is 7.97. The number of nitrogens with zero attached hydrogens (tertiary/aromatic N) is 1. The minimum absolute atomic E-state index is 0.0485. The number of halogens is 2. The Morgan fingerprint density at radius 1 is 1.09 bits per heavy atom. The van der Waals surface area contributed by atoms with E-state index in [4.69, 9.17) is 34.0 Å².